The van der Waals surface area contributed by atoms with Crippen LogP contribution in [0.15, 0.2) is 29.2 Å². The van der Waals surface area contributed by atoms with Crippen LogP contribution < -0.4 is 16.2 Å². The van der Waals surface area contributed by atoms with Crippen LogP contribution in [0.2, 0.25) is 0 Å². The fraction of sp³-hybridized carbons (Fsp3) is 0.400. The van der Waals surface area contributed by atoms with Gasteiger partial charge in [0.05, 0.1) is 0 Å². The van der Waals surface area contributed by atoms with Gasteiger partial charge in [-0.25, -0.2) is 0 Å². The highest BCUT2D eigenvalue weighted by Crippen LogP contribution is 2.26. The van der Waals surface area contributed by atoms with Gasteiger partial charge in [0.2, 0.25) is 0 Å². The lowest BCUT2D eigenvalue weighted by Crippen LogP contribution is -2.37. The lowest BCUT2D eigenvalue weighted by Gasteiger charge is -2.25. The molecule has 1 aromatic carbocycles. The van der Waals surface area contributed by atoms with Gasteiger partial charge >= 0.3 is 0 Å². The molecule has 154 valence electrons. The zero-order chi connectivity index (χ0) is 18.8. The summed E-state index contributed by atoms with van der Waals surface area (Å²) in [5, 5.41) is 15.9. The minimum atomic E-state index is -0.413. The number of carbonyl (C=O) groups excluding carboxylic acids is 1. The molecule has 0 radical (unpaired) electrons. The van der Waals surface area contributed by atoms with E-state index in [-0.39, 0.29) is 47.7 Å². The number of phenols is 1. The highest BCUT2D eigenvalue weighted by molar-refractivity contribution is 6.05. The molecular weight excluding hydrogens is 401 g/mol. The average molecular weight is 428 g/mol. The van der Waals surface area contributed by atoms with Crippen molar-refractivity contribution < 1.29 is 9.90 Å². The van der Waals surface area contributed by atoms with Crippen molar-refractivity contribution in [2.24, 2.45) is 0 Å². The number of amides is 1. The summed E-state index contributed by atoms with van der Waals surface area (Å²) in [5.41, 5.74) is 2.68. The Morgan fingerprint density at radius 3 is 2.39 bits per heavy atom. The van der Waals surface area contributed by atoms with E-state index in [1.807, 2.05) is 13.0 Å². The first-order valence-corrected chi connectivity index (χ1v) is 8.93. The van der Waals surface area contributed by atoms with Crippen molar-refractivity contribution in [2.45, 2.75) is 39.7 Å². The van der Waals surface area contributed by atoms with Crippen molar-refractivity contribution in [2.75, 3.05) is 18.4 Å². The summed E-state index contributed by atoms with van der Waals surface area (Å²) in [6.07, 6.45) is 3.54. The fourth-order valence-corrected chi connectivity index (χ4v) is 3.42. The Balaban J connectivity index is 0.00000196. The van der Waals surface area contributed by atoms with E-state index in [0.29, 0.717) is 16.8 Å². The van der Waals surface area contributed by atoms with Crippen LogP contribution in [0.5, 0.6) is 5.75 Å². The number of aryl methyl sites for hydroxylation is 1. The maximum Gasteiger partial charge on any atom is 0.263 e. The number of halogens is 2. The molecule has 1 saturated heterocycles. The van der Waals surface area contributed by atoms with Gasteiger partial charge in [0.1, 0.15) is 11.3 Å². The van der Waals surface area contributed by atoms with E-state index in [0.717, 1.165) is 31.5 Å². The minimum absolute atomic E-state index is 0. The molecule has 1 aliphatic rings. The second kappa shape index (κ2) is 9.96. The second-order valence-corrected chi connectivity index (χ2v) is 6.90. The Labute approximate surface area is 177 Å². The quantitative estimate of drug-likeness (QED) is 0.654. The molecule has 6 nitrogen and oxygen atoms in total. The number of anilines is 1. The van der Waals surface area contributed by atoms with Crippen LogP contribution in [-0.4, -0.2) is 28.7 Å². The number of hydrogen-bond donors (Lipinski definition) is 3. The molecule has 1 fully saturated rings. The molecule has 2 aromatic rings. The monoisotopic (exact) mass is 427 g/mol. The first-order chi connectivity index (χ1) is 12.4. The van der Waals surface area contributed by atoms with Crippen molar-refractivity contribution in [1.82, 2.24) is 9.88 Å². The number of rotatable bonds is 3. The molecule has 1 aliphatic heterocycles. The van der Waals surface area contributed by atoms with Gasteiger partial charge in [0, 0.05) is 17.9 Å². The predicted molar refractivity (Wildman–Crippen MR) is 117 cm³/mol. The second-order valence-electron chi connectivity index (χ2n) is 6.90. The summed E-state index contributed by atoms with van der Waals surface area (Å²) < 4.78 is 1.69. The number of nitrogens with one attached hydrogen (secondary N) is 2. The maximum absolute atomic E-state index is 13.0. The summed E-state index contributed by atoms with van der Waals surface area (Å²) in [7, 11) is 0. The zero-order valence-electron chi connectivity index (χ0n) is 16.2. The molecule has 1 amide bonds. The minimum Gasteiger partial charge on any atom is -0.508 e. The Hall–Kier alpha value is -2.02. The Bertz CT molecular complexity index is 906. The third-order valence-corrected chi connectivity index (χ3v) is 5.26. The molecule has 1 aromatic heterocycles. The highest BCUT2D eigenvalue weighted by Gasteiger charge is 2.22. The van der Waals surface area contributed by atoms with E-state index in [4.69, 9.17) is 0 Å². The van der Waals surface area contributed by atoms with E-state index < -0.39 is 5.91 Å². The topological polar surface area (TPSA) is 83.4 Å². The number of aromatic hydroxyl groups is 1. The molecule has 0 atom stereocenters. The standard InChI is InChI=1S/C20H25N3O3.2ClH/c1-12-8-11-23(15-6-9-21-10-7-15)20(26)18(12)19(25)22-16-4-5-17(24)14(3)13(16)2;;/h4-5,8,11,15,21,24H,6-7,9-10H2,1-3H3,(H,22,25);2*1H. The van der Waals surface area contributed by atoms with Gasteiger partial charge in [0.25, 0.3) is 11.5 Å². The molecule has 3 rings (SSSR count). The van der Waals surface area contributed by atoms with Gasteiger partial charge in [-0.15, -0.1) is 24.8 Å². The van der Waals surface area contributed by atoms with Gasteiger partial charge in [-0.1, -0.05) is 0 Å². The summed E-state index contributed by atoms with van der Waals surface area (Å²) in [5.74, 6) is -0.228. The van der Waals surface area contributed by atoms with Gasteiger partial charge in [-0.3, -0.25) is 9.59 Å². The normalized spacial score (nSPS) is 14.0. The summed E-state index contributed by atoms with van der Waals surface area (Å²) >= 11 is 0. The summed E-state index contributed by atoms with van der Waals surface area (Å²) in [6, 6.07) is 5.14. The molecule has 0 unspecified atom stereocenters. The Morgan fingerprint density at radius 2 is 1.75 bits per heavy atom. The summed E-state index contributed by atoms with van der Waals surface area (Å²) in [4.78, 5) is 25.8. The van der Waals surface area contributed by atoms with Gasteiger partial charge in [-0.2, -0.15) is 0 Å². The molecule has 8 heteroatoms. The first kappa shape index (κ1) is 24.0. The number of carbonyl (C=O) groups is 1. The van der Waals surface area contributed by atoms with E-state index in [9.17, 15) is 14.7 Å². The number of nitrogens with zero attached hydrogens (tertiary/aromatic N) is 1. The van der Waals surface area contributed by atoms with Gasteiger partial charge in [-0.05, 0) is 81.6 Å². The van der Waals surface area contributed by atoms with Crippen LogP contribution in [0, 0.1) is 20.8 Å². The number of pyridine rings is 1. The third-order valence-electron chi connectivity index (χ3n) is 5.26. The molecule has 0 saturated carbocycles. The number of phenolic OH excluding ortho intramolecular Hbond substituents is 1. The largest absolute Gasteiger partial charge is 0.508 e. The zero-order valence-corrected chi connectivity index (χ0v) is 17.9. The van der Waals surface area contributed by atoms with Gasteiger partial charge in [0.15, 0.2) is 0 Å². The third kappa shape index (κ3) is 4.69. The van der Waals surface area contributed by atoms with E-state index in [1.165, 1.54) is 0 Å². The highest BCUT2D eigenvalue weighted by atomic mass is 35.5. The van der Waals surface area contributed by atoms with Crippen molar-refractivity contribution in [1.29, 1.82) is 0 Å². The smallest absolute Gasteiger partial charge is 0.263 e. The maximum atomic E-state index is 13.0. The van der Waals surface area contributed by atoms with Crippen LogP contribution in [0.4, 0.5) is 5.69 Å². The van der Waals surface area contributed by atoms with Crippen LogP contribution in [0.25, 0.3) is 0 Å². The van der Waals surface area contributed by atoms with E-state index in [1.54, 1.807) is 36.7 Å². The Morgan fingerprint density at radius 1 is 1.11 bits per heavy atom. The van der Waals surface area contributed by atoms with Crippen molar-refractivity contribution in [3.8, 4) is 5.75 Å². The predicted octanol–water partition coefficient (Wildman–Crippen LogP) is 3.50. The molecule has 28 heavy (non-hydrogen) atoms. The van der Waals surface area contributed by atoms with E-state index in [2.05, 4.69) is 10.6 Å². The van der Waals surface area contributed by atoms with Crippen molar-refractivity contribution >= 4 is 36.4 Å². The van der Waals surface area contributed by atoms with Crippen LogP contribution in [-0.2, 0) is 0 Å². The SMILES string of the molecule is Cc1ccn(C2CCNCC2)c(=O)c1C(=O)Nc1ccc(O)c(C)c1C.Cl.Cl. The molecule has 3 N–H and O–H groups in total. The molecule has 0 spiro atoms. The van der Waals surface area contributed by atoms with Crippen molar-refractivity contribution in [3.05, 3.63) is 57.0 Å². The molecule has 0 bridgehead atoms. The Kier molecular flexibility index (Phi) is 8.54. The molecular formula is C20H27Cl2N3O3. The number of aromatic nitrogens is 1. The summed E-state index contributed by atoms with van der Waals surface area (Å²) in [6.45, 7) is 7.14. The van der Waals surface area contributed by atoms with Crippen LogP contribution in [0.3, 0.4) is 0 Å². The van der Waals surface area contributed by atoms with Crippen LogP contribution in [0.1, 0.15) is 45.9 Å². The van der Waals surface area contributed by atoms with Crippen LogP contribution >= 0.6 is 24.8 Å². The number of piperidine rings is 1. The first-order valence-electron chi connectivity index (χ1n) is 8.93. The lowest BCUT2D eigenvalue weighted by molar-refractivity contribution is 0.102. The fourth-order valence-electron chi connectivity index (χ4n) is 3.42. The van der Waals surface area contributed by atoms with E-state index >= 15 is 0 Å². The van der Waals surface area contributed by atoms with Crippen molar-refractivity contribution in [3.63, 3.8) is 0 Å². The van der Waals surface area contributed by atoms with Gasteiger partial charge < -0.3 is 20.3 Å². The average Bonchev–Trinajstić information content (AvgIpc) is 2.63. The number of benzene rings is 1. The molecule has 2 heterocycles. The molecule has 0 aliphatic carbocycles. The number of hydrogen-bond acceptors (Lipinski definition) is 4. The lowest BCUT2D eigenvalue weighted by atomic mass is 10.0.